The Morgan fingerprint density at radius 1 is 1.20 bits per heavy atom. The number of aromatic nitrogens is 2. The van der Waals surface area contributed by atoms with Gasteiger partial charge in [-0.25, -0.2) is 0 Å². The van der Waals surface area contributed by atoms with Gasteiger partial charge in [-0.1, -0.05) is 0 Å². The minimum absolute atomic E-state index is 0.0289. The van der Waals surface area contributed by atoms with E-state index in [1.807, 2.05) is 32.9 Å². The Labute approximate surface area is 88.4 Å². The molecule has 0 atom stereocenters. The fraction of sp³-hybridized carbons (Fsp3) is 0.333. The second-order valence-corrected chi connectivity index (χ2v) is 4.61. The van der Waals surface area contributed by atoms with Crippen LogP contribution in [-0.2, 0) is 5.54 Å². The molecule has 3 nitrogen and oxygen atoms in total. The van der Waals surface area contributed by atoms with E-state index in [1.54, 1.807) is 23.0 Å². The van der Waals surface area contributed by atoms with Gasteiger partial charge in [-0.05, 0) is 32.9 Å². The molecule has 0 N–H and O–H groups in total. The molecule has 0 saturated heterocycles. The molecule has 0 saturated carbocycles. The molecule has 15 heavy (non-hydrogen) atoms. The van der Waals surface area contributed by atoms with Crippen molar-refractivity contribution < 1.29 is 0 Å². The molecule has 0 unspecified atom stereocenters. The van der Waals surface area contributed by atoms with Crippen LogP contribution in [0.3, 0.4) is 0 Å². The Hall–Kier alpha value is -1.64. The van der Waals surface area contributed by atoms with Gasteiger partial charge < -0.3 is 4.57 Å². The van der Waals surface area contributed by atoms with E-state index < -0.39 is 0 Å². The lowest BCUT2D eigenvalue weighted by molar-refractivity contribution is 0.398. The fourth-order valence-electron chi connectivity index (χ4n) is 1.78. The first kappa shape index (κ1) is 9.90. The van der Waals surface area contributed by atoms with Gasteiger partial charge in [0.05, 0.1) is 5.52 Å². The summed E-state index contributed by atoms with van der Waals surface area (Å²) in [5, 5.41) is 0.993. The molecule has 0 aliphatic rings. The predicted molar refractivity (Wildman–Crippen MR) is 61.0 cm³/mol. The van der Waals surface area contributed by atoms with E-state index in [4.69, 9.17) is 0 Å². The van der Waals surface area contributed by atoms with Crippen molar-refractivity contribution in [1.29, 1.82) is 0 Å². The van der Waals surface area contributed by atoms with Gasteiger partial charge in [-0.3, -0.25) is 9.78 Å². The zero-order valence-electron chi connectivity index (χ0n) is 9.19. The highest BCUT2D eigenvalue weighted by atomic mass is 16.1. The van der Waals surface area contributed by atoms with Crippen molar-refractivity contribution in [2.45, 2.75) is 26.3 Å². The smallest absolute Gasteiger partial charge is 0.251 e. The third kappa shape index (κ3) is 1.65. The van der Waals surface area contributed by atoms with Crippen LogP contribution >= 0.6 is 0 Å². The van der Waals surface area contributed by atoms with Gasteiger partial charge >= 0.3 is 0 Å². The summed E-state index contributed by atoms with van der Waals surface area (Å²) in [5.41, 5.74) is 0.754. The Morgan fingerprint density at radius 2 is 1.93 bits per heavy atom. The Morgan fingerprint density at radius 3 is 2.60 bits per heavy atom. The summed E-state index contributed by atoms with van der Waals surface area (Å²) in [5.74, 6) is 0. The van der Waals surface area contributed by atoms with E-state index in [0.29, 0.717) is 0 Å². The molecule has 0 amide bonds. The van der Waals surface area contributed by atoms with Crippen LogP contribution in [0.2, 0.25) is 0 Å². The summed E-state index contributed by atoms with van der Waals surface area (Å²) in [4.78, 5) is 15.9. The summed E-state index contributed by atoms with van der Waals surface area (Å²) in [6.45, 7) is 6.07. The molecule has 2 rings (SSSR count). The highest BCUT2D eigenvalue weighted by molar-refractivity contribution is 5.77. The Kier molecular flexibility index (Phi) is 2.11. The van der Waals surface area contributed by atoms with Crippen LogP contribution in [0.4, 0.5) is 0 Å². The molecular weight excluding hydrogens is 188 g/mol. The third-order valence-electron chi connectivity index (χ3n) is 2.37. The molecule has 2 heterocycles. The van der Waals surface area contributed by atoms with Crippen molar-refractivity contribution in [3.05, 3.63) is 40.9 Å². The SMILES string of the molecule is CC(C)(C)n1c(=O)ccc2cnccc21. The first-order valence-corrected chi connectivity index (χ1v) is 4.96. The molecule has 2 aromatic rings. The molecule has 3 heteroatoms. The molecule has 0 radical (unpaired) electrons. The van der Waals surface area contributed by atoms with Crippen molar-refractivity contribution in [1.82, 2.24) is 9.55 Å². The van der Waals surface area contributed by atoms with E-state index in [1.165, 1.54) is 0 Å². The molecule has 0 bridgehead atoms. The highest BCUT2D eigenvalue weighted by Gasteiger charge is 2.16. The summed E-state index contributed by atoms with van der Waals surface area (Å²) in [7, 11) is 0. The largest absolute Gasteiger partial charge is 0.303 e. The Balaban J connectivity index is 2.93. The minimum Gasteiger partial charge on any atom is -0.303 e. The second kappa shape index (κ2) is 3.19. The van der Waals surface area contributed by atoms with E-state index >= 15 is 0 Å². The quantitative estimate of drug-likeness (QED) is 0.656. The molecule has 0 aromatic carbocycles. The van der Waals surface area contributed by atoms with Crippen LogP contribution < -0.4 is 5.56 Å². The van der Waals surface area contributed by atoms with Crippen LogP contribution in [0.5, 0.6) is 0 Å². The second-order valence-electron chi connectivity index (χ2n) is 4.61. The summed E-state index contributed by atoms with van der Waals surface area (Å²) in [6, 6.07) is 5.28. The molecule has 2 aromatic heterocycles. The van der Waals surface area contributed by atoms with Gasteiger partial charge in [0.1, 0.15) is 0 Å². The molecular formula is C12H14N2O. The van der Waals surface area contributed by atoms with E-state index in [9.17, 15) is 4.79 Å². The van der Waals surface area contributed by atoms with Gasteiger partial charge in [0.25, 0.3) is 5.56 Å². The minimum atomic E-state index is -0.210. The van der Waals surface area contributed by atoms with Crippen molar-refractivity contribution in [3.8, 4) is 0 Å². The maximum atomic E-state index is 11.8. The average molecular weight is 202 g/mol. The number of fused-ring (bicyclic) bond motifs is 1. The van der Waals surface area contributed by atoms with Gasteiger partial charge in [0, 0.05) is 29.4 Å². The zero-order chi connectivity index (χ0) is 11.1. The van der Waals surface area contributed by atoms with E-state index in [0.717, 1.165) is 10.9 Å². The number of nitrogens with zero attached hydrogens (tertiary/aromatic N) is 2. The maximum absolute atomic E-state index is 11.8. The monoisotopic (exact) mass is 202 g/mol. The molecule has 0 fully saturated rings. The zero-order valence-corrected chi connectivity index (χ0v) is 9.19. The lowest BCUT2D eigenvalue weighted by Crippen LogP contribution is -2.33. The third-order valence-corrected chi connectivity index (χ3v) is 2.37. The van der Waals surface area contributed by atoms with Crippen molar-refractivity contribution >= 4 is 10.9 Å². The fourth-order valence-corrected chi connectivity index (χ4v) is 1.78. The number of rotatable bonds is 0. The van der Waals surface area contributed by atoms with Gasteiger partial charge in [0.2, 0.25) is 0 Å². The van der Waals surface area contributed by atoms with Crippen LogP contribution in [0.25, 0.3) is 10.9 Å². The predicted octanol–water partition coefficient (Wildman–Crippen LogP) is 2.15. The maximum Gasteiger partial charge on any atom is 0.251 e. The molecule has 0 spiro atoms. The van der Waals surface area contributed by atoms with Crippen LogP contribution in [0, 0.1) is 0 Å². The Bertz CT molecular complexity index is 549. The van der Waals surface area contributed by atoms with Gasteiger partial charge in [0.15, 0.2) is 0 Å². The average Bonchev–Trinajstić information content (AvgIpc) is 2.15. The van der Waals surface area contributed by atoms with Crippen LogP contribution in [0.15, 0.2) is 35.4 Å². The first-order valence-electron chi connectivity index (χ1n) is 4.96. The molecule has 0 aliphatic carbocycles. The van der Waals surface area contributed by atoms with Crippen LogP contribution in [-0.4, -0.2) is 9.55 Å². The van der Waals surface area contributed by atoms with Gasteiger partial charge in [-0.2, -0.15) is 0 Å². The first-order chi connectivity index (χ1) is 7.00. The number of hydrogen-bond donors (Lipinski definition) is 0. The summed E-state index contributed by atoms with van der Waals surface area (Å²) < 4.78 is 1.80. The number of hydrogen-bond acceptors (Lipinski definition) is 2. The lowest BCUT2D eigenvalue weighted by Gasteiger charge is -2.24. The van der Waals surface area contributed by atoms with E-state index in [-0.39, 0.29) is 11.1 Å². The normalized spacial score (nSPS) is 11.9. The van der Waals surface area contributed by atoms with Crippen molar-refractivity contribution in [2.75, 3.05) is 0 Å². The highest BCUT2D eigenvalue weighted by Crippen LogP contribution is 2.18. The van der Waals surface area contributed by atoms with Crippen molar-refractivity contribution in [2.24, 2.45) is 0 Å². The number of pyridine rings is 2. The van der Waals surface area contributed by atoms with E-state index in [2.05, 4.69) is 4.98 Å². The summed E-state index contributed by atoms with van der Waals surface area (Å²) >= 11 is 0. The topological polar surface area (TPSA) is 34.9 Å². The summed E-state index contributed by atoms with van der Waals surface area (Å²) in [6.07, 6.45) is 3.49. The van der Waals surface area contributed by atoms with Crippen molar-refractivity contribution in [3.63, 3.8) is 0 Å². The standard InChI is InChI=1S/C12H14N2O/c1-12(2,3)14-10-6-7-13-8-9(10)4-5-11(14)15/h4-8H,1-3H3. The van der Waals surface area contributed by atoms with Crippen LogP contribution in [0.1, 0.15) is 20.8 Å². The lowest BCUT2D eigenvalue weighted by atomic mass is 10.1. The van der Waals surface area contributed by atoms with Gasteiger partial charge in [-0.15, -0.1) is 0 Å². The molecule has 78 valence electrons. The molecule has 0 aliphatic heterocycles.